The van der Waals surface area contributed by atoms with Gasteiger partial charge >= 0.3 is 0 Å². The minimum Gasteiger partial charge on any atom is -0.493 e. The van der Waals surface area contributed by atoms with E-state index in [9.17, 15) is 9.18 Å². The maximum atomic E-state index is 14.8. The van der Waals surface area contributed by atoms with Gasteiger partial charge in [0.2, 0.25) is 11.9 Å². The Hall–Kier alpha value is -2.41. The SMILES string of the molecule is CC1CCC(N(C)C(=O)Cc2ccc(OCC[C@@H]3C[C@@H]3C3CCN(c4ncc(Cl)cn4)CC3)cc2F)CC1. The molecule has 0 radical (unpaired) electrons. The summed E-state index contributed by atoms with van der Waals surface area (Å²) in [5.74, 6) is 3.88. The molecule has 3 fully saturated rings. The second kappa shape index (κ2) is 12.2. The highest BCUT2D eigenvalue weighted by molar-refractivity contribution is 6.30. The normalized spacial score (nSPS) is 25.7. The number of hydrogen-bond acceptors (Lipinski definition) is 5. The molecule has 1 aliphatic heterocycles. The van der Waals surface area contributed by atoms with Crippen LogP contribution in [0.1, 0.15) is 63.9 Å². The Morgan fingerprint density at radius 1 is 1.13 bits per heavy atom. The van der Waals surface area contributed by atoms with Crippen molar-refractivity contribution in [3.05, 3.63) is 47.0 Å². The molecule has 2 aromatic rings. The molecule has 1 amide bonds. The molecule has 1 aromatic carbocycles. The summed E-state index contributed by atoms with van der Waals surface area (Å²) in [4.78, 5) is 25.5. The van der Waals surface area contributed by atoms with Gasteiger partial charge in [0, 0.05) is 32.2 Å². The molecule has 1 aromatic heterocycles. The van der Waals surface area contributed by atoms with Crippen LogP contribution in [0.5, 0.6) is 5.75 Å². The van der Waals surface area contributed by atoms with Crippen LogP contribution in [-0.2, 0) is 11.2 Å². The summed E-state index contributed by atoms with van der Waals surface area (Å²) < 4.78 is 20.7. The van der Waals surface area contributed by atoms with Crippen LogP contribution in [0.25, 0.3) is 0 Å². The van der Waals surface area contributed by atoms with E-state index in [4.69, 9.17) is 16.3 Å². The van der Waals surface area contributed by atoms with Crippen LogP contribution in [0.3, 0.4) is 0 Å². The number of amides is 1. The number of aromatic nitrogens is 2. The molecule has 2 heterocycles. The van der Waals surface area contributed by atoms with Crippen molar-refractivity contribution in [3.8, 4) is 5.75 Å². The smallest absolute Gasteiger partial charge is 0.227 e. The summed E-state index contributed by atoms with van der Waals surface area (Å²) in [5.41, 5.74) is 0.441. The summed E-state index contributed by atoms with van der Waals surface area (Å²) in [6.45, 7) is 4.83. The second-order valence-electron chi connectivity index (χ2n) is 11.7. The van der Waals surface area contributed by atoms with E-state index in [2.05, 4.69) is 21.8 Å². The molecule has 0 N–H and O–H groups in total. The fourth-order valence-corrected chi connectivity index (χ4v) is 6.48. The monoisotopic (exact) mass is 542 g/mol. The van der Waals surface area contributed by atoms with Crippen LogP contribution in [0.2, 0.25) is 5.02 Å². The third-order valence-electron chi connectivity index (χ3n) is 9.06. The number of ether oxygens (including phenoxy) is 1. The number of benzene rings is 1. The highest BCUT2D eigenvalue weighted by Gasteiger charge is 2.43. The van der Waals surface area contributed by atoms with Gasteiger partial charge in [0.15, 0.2) is 0 Å². The molecule has 206 valence electrons. The third-order valence-corrected chi connectivity index (χ3v) is 9.26. The minimum atomic E-state index is -0.359. The van der Waals surface area contributed by atoms with Crippen molar-refractivity contribution in [2.75, 3.05) is 31.6 Å². The first-order chi connectivity index (χ1) is 18.4. The molecular weight excluding hydrogens is 503 g/mol. The van der Waals surface area contributed by atoms with Gasteiger partial charge < -0.3 is 14.5 Å². The Labute approximate surface area is 230 Å². The molecule has 2 saturated carbocycles. The number of anilines is 1. The second-order valence-corrected chi connectivity index (χ2v) is 12.1. The number of rotatable bonds is 9. The van der Waals surface area contributed by atoms with Gasteiger partial charge in [-0.2, -0.15) is 0 Å². The lowest BCUT2D eigenvalue weighted by atomic mass is 9.86. The van der Waals surface area contributed by atoms with Crippen molar-refractivity contribution in [2.24, 2.45) is 23.7 Å². The lowest BCUT2D eigenvalue weighted by Crippen LogP contribution is -2.40. The van der Waals surface area contributed by atoms with Crippen LogP contribution >= 0.6 is 11.6 Å². The number of halogens is 2. The molecule has 0 spiro atoms. The van der Waals surface area contributed by atoms with Gasteiger partial charge in [-0.25, -0.2) is 14.4 Å². The van der Waals surface area contributed by atoms with E-state index in [1.165, 1.54) is 12.5 Å². The van der Waals surface area contributed by atoms with E-state index in [1.54, 1.807) is 24.5 Å². The number of hydrogen-bond donors (Lipinski definition) is 0. The predicted molar refractivity (Wildman–Crippen MR) is 148 cm³/mol. The van der Waals surface area contributed by atoms with Crippen molar-refractivity contribution in [3.63, 3.8) is 0 Å². The van der Waals surface area contributed by atoms with E-state index in [-0.39, 0.29) is 24.2 Å². The van der Waals surface area contributed by atoms with Gasteiger partial charge in [0.05, 0.1) is 30.4 Å². The first kappa shape index (κ1) is 27.2. The Balaban J connectivity index is 1.02. The van der Waals surface area contributed by atoms with E-state index in [0.29, 0.717) is 28.9 Å². The zero-order valence-electron chi connectivity index (χ0n) is 22.6. The van der Waals surface area contributed by atoms with E-state index >= 15 is 0 Å². The molecular formula is C30H40ClFN4O2. The largest absolute Gasteiger partial charge is 0.493 e. The number of piperidine rings is 1. The number of carbonyl (C=O) groups is 1. The zero-order chi connectivity index (χ0) is 26.6. The maximum Gasteiger partial charge on any atom is 0.227 e. The fraction of sp³-hybridized carbons (Fsp3) is 0.633. The maximum absolute atomic E-state index is 14.8. The van der Waals surface area contributed by atoms with Gasteiger partial charge in [-0.1, -0.05) is 24.6 Å². The summed E-state index contributed by atoms with van der Waals surface area (Å²) in [7, 11) is 1.86. The molecule has 2 atom stereocenters. The topological polar surface area (TPSA) is 58.6 Å². The highest BCUT2D eigenvalue weighted by atomic mass is 35.5. The van der Waals surface area contributed by atoms with E-state index in [1.807, 2.05) is 11.9 Å². The fourth-order valence-electron chi connectivity index (χ4n) is 6.39. The van der Waals surface area contributed by atoms with Crippen LogP contribution in [-0.4, -0.2) is 53.6 Å². The number of carbonyl (C=O) groups excluding carboxylic acids is 1. The Morgan fingerprint density at radius 3 is 2.53 bits per heavy atom. The molecule has 1 saturated heterocycles. The third kappa shape index (κ3) is 6.77. The predicted octanol–water partition coefficient (Wildman–Crippen LogP) is 6.17. The lowest BCUT2D eigenvalue weighted by Gasteiger charge is -2.33. The van der Waals surface area contributed by atoms with Gasteiger partial charge in [0.1, 0.15) is 11.6 Å². The standard InChI is InChI=1S/C30H40ClFN4O2/c1-20-3-6-25(7-4-20)35(2)29(37)16-23-5-8-26(17-28(23)32)38-14-11-22-15-27(22)21-9-12-36(13-10-21)30-33-18-24(31)19-34-30/h5,8,17-22,25,27H,3-4,6-7,9-16H2,1-2H3/t20?,22-,25?,27-/m1/s1. The highest BCUT2D eigenvalue weighted by Crippen LogP contribution is 2.49. The van der Waals surface area contributed by atoms with Crippen molar-refractivity contribution in [2.45, 2.75) is 70.8 Å². The molecule has 8 heteroatoms. The summed E-state index contributed by atoms with van der Waals surface area (Å²) in [6.07, 6.45) is 12.4. The van der Waals surface area contributed by atoms with Crippen LogP contribution in [0.15, 0.2) is 30.6 Å². The lowest BCUT2D eigenvalue weighted by molar-refractivity contribution is -0.132. The van der Waals surface area contributed by atoms with Gasteiger partial charge in [-0.3, -0.25) is 4.79 Å². The average molecular weight is 543 g/mol. The Morgan fingerprint density at radius 2 is 1.84 bits per heavy atom. The van der Waals surface area contributed by atoms with Crippen molar-refractivity contribution < 1.29 is 13.9 Å². The molecule has 3 aliphatic rings. The zero-order valence-corrected chi connectivity index (χ0v) is 23.4. The Bertz CT molecular complexity index is 1080. The summed E-state index contributed by atoms with van der Waals surface area (Å²) >= 11 is 5.90. The van der Waals surface area contributed by atoms with Gasteiger partial charge in [-0.05, 0) is 86.7 Å². The van der Waals surface area contributed by atoms with E-state index in [0.717, 1.165) is 81.7 Å². The quantitative estimate of drug-likeness (QED) is 0.379. The summed E-state index contributed by atoms with van der Waals surface area (Å²) in [6, 6.07) is 5.22. The van der Waals surface area contributed by atoms with Gasteiger partial charge in [-0.15, -0.1) is 0 Å². The minimum absolute atomic E-state index is 0.0107. The van der Waals surface area contributed by atoms with Crippen molar-refractivity contribution >= 4 is 23.5 Å². The first-order valence-corrected chi connectivity index (χ1v) is 14.6. The first-order valence-electron chi connectivity index (χ1n) is 14.3. The van der Waals surface area contributed by atoms with Crippen molar-refractivity contribution in [1.29, 1.82) is 0 Å². The molecule has 0 unspecified atom stereocenters. The Kier molecular flexibility index (Phi) is 8.71. The van der Waals surface area contributed by atoms with Crippen molar-refractivity contribution in [1.82, 2.24) is 14.9 Å². The number of nitrogens with zero attached hydrogens (tertiary/aromatic N) is 4. The van der Waals surface area contributed by atoms with Crippen LogP contribution in [0.4, 0.5) is 10.3 Å². The molecule has 0 bridgehead atoms. The van der Waals surface area contributed by atoms with Gasteiger partial charge in [0.25, 0.3) is 0 Å². The molecule has 38 heavy (non-hydrogen) atoms. The van der Waals surface area contributed by atoms with Crippen LogP contribution in [0, 0.1) is 29.5 Å². The summed E-state index contributed by atoms with van der Waals surface area (Å²) in [5, 5.41) is 0.563. The molecule has 2 aliphatic carbocycles. The van der Waals surface area contributed by atoms with Crippen LogP contribution < -0.4 is 9.64 Å². The number of likely N-dealkylation sites (N-methyl/N-ethyl adjacent to an activating group) is 1. The molecule has 5 rings (SSSR count). The molecule has 6 nitrogen and oxygen atoms in total. The van der Waals surface area contributed by atoms with E-state index < -0.39 is 0 Å². The average Bonchev–Trinajstić information content (AvgIpc) is 3.70.